The Morgan fingerprint density at radius 1 is 1.09 bits per heavy atom. The van der Waals surface area contributed by atoms with Gasteiger partial charge in [0, 0.05) is 42.4 Å². The lowest BCUT2D eigenvalue weighted by atomic mass is 9.95. The quantitative estimate of drug-likeness (QED) is 0.149. The van der Waals surface area contributed by atoms with Crippen LogP contribution in [0.25, 0.3) is 11.6 Å². The predicted molar refractivity (Wildman–Crippen MR) is 135 cm³/mol. The van der Waals surface area contributed by atoms with Crippen molar-refractivity contribution in [1.82, 2.24) is 0 Å². The molecule has 0 aliphatic heterocycles. The second-order valence-corrected chi connectivity index (χ2v) is 8.25. The Hall–Kier alpha value is -2.69. The van der Waals surface area contributed by atoms with Crippen molar-refractivity contribution in [2.24, 2.45) is 10.7 Å². The lowest BCUT2D eigenvalue weighted by Gasteiger charge is -2.10. The van der Waals surface area contributed by atoms with Crippen molar-refractivity contribution in [2.45, 2.75) is 84.6 Å². The summed E-state index contributed by atoms with van der Waals surface area (Å²) in [5.74, 6) is -0.268. The van der Waals surface area contributed by atoms with Crippen LogP contribution in [0.1, 0.15) is 100 Å². The van der Waals surface area contributed by atoms with Crippen molar-refractivity contribution < 1.29 is 14.3 Å². The first-order valence-corrected chi connectivity index (χ1v) is 11.8. The smallest absolute Gasteiger partial charge is 0.305 e. The van der Waals surface area contributed by atoms with Gasteiger partial charge in [-0.15, -0.1) is 0 Å². The van der Waals surface area contributed by atoms with Crippen LogP contribution in [0, 0.1) is 0 Å². The summed E-state index contributed by atoms with van der Waals surface area (Å²) in [6.07, 6.45) is 15.7. The molecule has 0 saturated heterocycles. The lowest BCUT2D eigenvalue weighted by molar-refractivity contribution is -0.140. The van der Waals surface area contributed by atoms with Crippen molar-refractivity contribution in [2.75, 3.05) is 7.11 Å². The molecule has 0 bridgehead atoms. The van der Waals surface area contributed by atoms with E-state index < -0.39 is 0 Å². The maximum absolute atomic E-state index is 12.9. The number of benzene rings is 1. The number of allylic oxidation sites excluding steroid dienone is 2. The lowest BCUT2D eigenvalue weighted by Crippen LogP contribution is -2.06. The fourth-order valence-electron chi connectivity index (χ4n) is 3.28. The molecule has 0 radical (unpaired) electrons. The van der Waals surface area contributed by atoms with Crippen LogP contribution < -0.4 is 5.73 Å². The second-order valence-electron chi connectivity index (χ2n) is 8.25. The number of nitrogens with zero attached hydrogens (tertiary/aromatic N) is 1. The van der Waals surface area contributed by atoms with Crippen molar-refractivity contribution >= 4 is 29.6 Å². The van der Waals surface area contributed by atoms with Crippen LogP contribution in [0.15, 0.2) is 35.5 Å². The number of rotatable bonds is 15. The Kier molecular flexibility index (Phi) is 13.7. The first kappa shape index (κ1) is 27.3. The molecule has 0 aromatic heterocycles. The number of methoxy groups -OCH3 is 1. The van der Waals surface area contributed by atoms with Gasteiger partial charge in [0.25, 0.3) is 0 Å². The largest absolute Gasteiger partial charge is 0.469 e. The molecule has 1 rings (SSSR count). The van der Waals surface area contributed by atoms with Gasteiger partial charge in [-0.2, -0.15) is 0 Å². The average Bonchev–Trinajstić information content (AvgIpc) is 2.78. The summed E-state index contributed by atoms with van der Waals surface area (Å²) in [5, 5.41) is 0. The number of aliphatic imine (C=N–C) groups is 1. The molecule has 1 aromatic rings. The van der Waals surface area contributed by atoms with Gasteiger partial charge >= 0.3 is 5.97 Å². The minimum absolute atomic E-state index is 0.0252. The topological polar surface area (TPSA) is 81.8 Å². The molecule has 0 saturated carbocycles. The number of nitrogens with two attached hydrogens (primary N) is 1. The van der Waals surface area contributed by atoms with Gasteiger partial charge in [0.15, 0.2) is 5.78 Å². The summed E-state index contributed by atoms with van der Waals surface area (Å²) < 4.78 is 4.66. The van der Waals surface area contributed by atoms with Crippen molar-refractivity contribution in [3.63, 3.8) is 0 Å². The van der Waals surface area contributed by atoms with E-state index in [1.807, 2.05) is 38.1 Å². The third-order valence-electron chi connectivity index (χ3n) is 5.16. The number of ketones is 1. The number of ether oxygens (including phenoxy) is 1. The Balaban J connectivity index is 3.03. The molecule has 0 heterocycles. The zero-order chi connectivity index (χ0) is 23.8. The van der Waals surface area contributed by atoms with Gasteiger partial charge in [0.1, 0.15) is 0 Å². The average molecular weight is 441 g/mol. The molecule has 32 heavy (non-hydrogen) atoms. The van der Waals surface area contributed by atoms with Gasteiger partial charge in [-0.1, -0.05) is 56.9 Å². The predicted octanol–water partition coefficient (Wildman–Crippen LogP) is 6.37. The van der Waals surface area contributed by atoms with Gasteiger partial charge in [0.2, 0.25) is 0 Å². The number of carbonyl (C=O) groups excluding carboxylic acids is 2. The van der Waals surface area contributed by atoms with E-state index in [9.17, 15) is 9.59 Å². The number of esters is 1. The molecule has 0 spiro atoms. The van der Waals surface area contributed by atoms with E-state index in [1.165, 1.54) is 32.8 Å². The van der Waals surface area contributed by atoms with Crippen molar-refractivity contribution in [3.05, 3.63) is 47.2 Å². The van der Waals surface area contributed by atoms with Gasteiger partial charge in [-0.25, -0.2) is 0 Å². The number of Topliss-reactive ketones (excluding diaryl/α,β-unsaturated/α-hetero) is 1. The highest BCUT2D eigenvalue weighted by Crippen LogP contribution is 2.22. The molecule has 0 atom stereocenters. The highest BCUT2D eigenvalue weighted by Gasteiger charge is 2.13. The maximum Gasteiger partial charge on any atom is 0.305 e. The molecule has 2 N–H and O–H groups in total. The fraction of sp³-hybridized carbons (Fsp3) is 0.519. The highest BCUT2D eigenvalue weighted by molar-refractivity contribution is 6.10. The molecule has 0 unspecified atom stereocenters. The first-order valence-electron chi connectivity index (χ1n) is 11.8. The number of carbonyl (C=O) groups is 2. The summed E-state index contributed by atoms with van der Waals surface area (Å²) in [4.78, 5) is 28.6. The van der Waals surface area contributed by atoms with Gasteiger partial charge in [-0.05, 0) is 50.3 Å². The number of hydrogen-bond donors (Lipinski definition) is 1. The third-order valence-corrected chi connectivity index (χ3v) is 5.16. The molecule has 5 heteroatoms. The van der Waals surface area contributed by atoms with E-state index >= 15 is 0 Å². The van der Waals surface area contributed by atoms with Crippen molar-refractivity contribution in [3.8, 4) is 0 Å². The minimum atomic E-state index is -0.293. The Morgan fingerprint density at radius 3 is 2.50 bits per heavy atom. The maximum atomic E-state index is 12.9. The van der Waals surface area contributed by atoms with Gasteiger partial charge < -0.3 is 10.5 Å². The normalized spacial score (nSPS) is 12.2. The molecule has 0 aliphatic carbocycles. The van der Waals surface area contributed by atoms with E-state index in [2.05, 4.69) is 22.7 Å². The summed E-state index contributed by atoms with van der Waals surface area (Å²) in [6.45, 7) is 6.23. The molecular formula is C27H40N2O3. The van der Waals surface area contributed by atoms with Crippen LogP contribution in [0.5, 0.6) is 0 Å². The molecule has 0 aliphatic rings. The van der Waals surface area contributed by atoms with E-state index in [4.69, 9.17) is 5.73 Å². The molecule has 0 fully saturated rings. The van der Waals surface area contributed by atoms with Crippen LogP contribution >= 0.6 is 0 Å². The van der Waals surface area contributed by atoms with E-state index in [-0.39, 0.29) is 24.2 Å². The Labute approximate surface area is 193 Å². The monoisotopic (exact) mass is 440 g/mol. The van der Waals surface area contributed by atoms with E-state index in [0.717, 1.165) is 29.5 Å². The van der Waals surface area contributed by atoms with Crippen molar-refractivity contribution in [1.29, 1.82) is 0 Å². The van der Waals surface area contributed by atoms with Gasteiger partial charge in [0.05, 0.1) is 7.11 Å². The van der Waals surface area contributed by atoms with E-state index in [0.29, 0.717) is 18.4 Å². The van der Waals surface area contributed by atoms with Crippen LogP contribution in [-0.4, -0.2) is 31.1 Å². The molecule has 0 amide bonds. The fourth-order valence-corrected chi connectivity index (χ4v) is 3.28. The summed E-state index contributed by atoms with van der Waals surface area (Å²) in [7, 11) is 1.36. The summed E-state index contributed by atoms with van der Waals surface area (Å²) in [6, 6.07) is 5.92. The van der Waals surface area contributed by atoms with Crippen LogP contribution in [0.2, 0.25) is 0 Å². The third kappa shape index (κ3) is 10.6. The van der Waals surface area contributed by atoms with Gasteiger partial charge in [-0.3, -0.25) is 14.6 Å². The van der Waals surface area contributed by atoms with Crippen LogP contribution in [0.3, 0.4) is 0 Å². The van der Waals surface area contributed by atoms with Crippen LogP contribution in [0.4, 0.5) is 0 Å². The minimum Gasteiger partial charge on any atom is -0.469 e. The molecule has 176 valence electrons. The van der Waals surface area contributed by atoms with Crippen LogP contribution in [-0.2, 0) is 9.53 Å². The summed E-state index contributed by atoms with van der Waals surface area (Å²) in [5.41, 5.74) is 9.12. The first-order chi connectivity index (χ1) is 15.4. The Bertz CT molecular complexity index is 807. The standard InChI is InChI=1S/C27H40N2O3/c1-5-6-7-8-9-10-11-13-23-18-22(24(19-28)20-29-21(2)3)16-17-25(23)26(30)14-12-15-27(31)32-4/h11,13,16-21H,5-10,12,14-15,28H2,1-4H3/b13-11+,24-19+,29-20?. The molecular weight excluding hydrogens is 400 g/mol. The Morgan fingerprint density at radius 2 is 1.84 bits per heavy atom. The van der Waals surface area contributed by atoms with E-state index in [1.54, 1.807) is 12.4 Å². The number of unbranched alkanes of at least 4 members (excludes halogenated alkanes) is 5. The highest BCUT2D eigenvalue weighted by atomic mass is 16.5. The number of hydrogen-bond acceptors (Lipinski definition) is 5. The molecule has 1 aromatic carbocycles. The second kappa shape index (κ2) is 16.0. The summed E-state index contributed by atoms with van der Waals surface area (Å²) >= 11 is 0. The molecule has 5 nitrogen and oxygen atoms in total. The SMILES string of the molecule is CCCCCCC/C=C/c1cc(/C(C=NC(C)C)=C/N)ccc1C(=O)CCCC(=O)OC. The zero-order valence-corrected chi connectivity index (χ0v) is 20.2. The zero-order valence-electron chi connectivity index (χ0n) is 20.2.